The van der Waals surface area contributed by atoms with Crippen molar-refractivity contribution >= 4 is 0 Å². The van der Waals surface area contributed by atoms with E-state index in [0.29, 0.717) is 10.8 Å². The van der Waals surface area contributed by atoms with Crippen LogP contribution in [0.1, 0.15) is 78.1 Å². The summed E-state index contributed by atoms with van der Waals surface area (Å²) < 4.78 is 5.68. The minimum Gasteiger partial charge on any atom is -0.384 e. The molecule has 4 aliphatic rings. The highest BCUT2D eigenvalue weighted by Crippen LogP contribution is 2.67. The van der Waals surface area contributed by atoms with Gasteiger partial charge >= 0.3 is 0 Å². The van der Waals surface area contributed by atoms with E-state index in [9.17, 15) is 0 Å². The molecule has 1 unspecified atom stereocenters. The number of hydrogen-bond donors (Lipinski definition) is 0. The van der Waals surface area contributed by atoms with E-state index in [4.69, 9.17) is 4.74 Å². The van der Waals surface area contributed by atoms with Gasteiger partial charge in [0.05, 0.1) is 0 Å². The maximum absolute atomic E-state index is 5.68. The van der Waals surface area contributed by atoms with E-state index in [1.165, 1.54) is 57.8 Å². The highest BCUT2D eigenvalue weighted by atomic mass is 16.5. The van der Waals surface area contributed by atoms with Gasteiger partial charge in [0, 0.05) is 13.7 Å². The maximum atomic E-state index is 5.68. The molecule has 0 radical (unpaired) electrons. The minimum absolute atomic E-state index is 0.584. The Morgan fingerprint density at radius 2 is 1.73 bits per heavy atom. The molecule has 0 heterocycles. The molecule has 126 valence electrons. The van der Waals surface area contributed by atoms with Crippen LogP contribution < -0.4 is 0 Å². The van der Waals surface area contributed by atoms with Gasteiger partial charge in [-0.3, -0.25) is 0 Å². The summed E-state index contributed by atoms with van der Waals surface area (Å²) >= 11 is 0. The quantitative estimate of drug-likeness (QED) is 0.637. The summed E-state index contributed by atoms with van der Waals surface area (Å²) in [5, 5.41) is 0. The fourth-order valence-electron chi connectivity index (χ4n) is 7.94. The predicted molar refractivity (Wildman–Crippen MR) is 91.7 cm³/mol. The molecule has 0 aromatic rings. The topological polar surface area (TPSA) is 9.23 Å². The molecule has 0 aromatic carbocycles. The summed E-state index contributed by atoms with van der Waals surface area (Å²) in [4.78, 5) is 0. The fraction of sp³-hybridized carbons (Fsp3) is 1.00. The average molecular weight is 305 g/mol. The standard InChI is InChI=1S/C21H36O/c1-20-12-5-8-18(20)17-10-9-15-6-4-7-16(14-22-3)21(15,2)19(17)11-13-20/h15-19H,4-14H2,1-3H3/t15-,16?,17+,18+,19+,20+,21-/m1/s1. The van der Waals surface area contributed by atoms with Crippen LogP contribution in [-0.2, 0) is 4.74 Å². The SMILES string of the molecule is COCC1CCC[C@@H]2CC[C@H]3[C@@H]4CCC[C@@]4(C)CC[C@@H]3[C@@]12C. The van der Waals surface area contributed by atoms with Gasteiger partial charge in [0.2, 0.25) is 0 Å². The summed E-state index contributed by atoms with van der Waals surface area (Å²) in [7, 11) is 1.92. The zero-order chi connectivity index (χ0) is 15.4. The normalized spacial score (nSPS) is 54.4. The van der Waals surface area contributed by atoms with E-state index in [1.54, 1.807) is 6.42 Å². The largest absolute Gasteiger partial charge is 0.384 e. The Labute approximate surface area is 137 Å². The van der Waals surface area contributed by atoms with Crippen molar-refractivity contribution in [3.63, 3.8) is 0 Å². The summed E-state index contributed by atoms with van der Waals surface area (Å²) in [6, 6.07) is 0. The lowest BCUT2D eigenvalue weighted by Crippen LogP contribution is -2.55. The van der Waals surface area contributed by atoms with Crippen molar-refractivity contribution in [1.29, 1.82) is 0 Å². The third kappa shape index (κ3) is 2.06. The van der Waals surface area contributed by atoms with Crippen molar-refractivity contribution in [3.05, 3.63) is 0 Å². The Kier molecular flexibility index (Phi) is 3.87. The molecule has 1 heteroatoms. The molecule has 1 nitrogen and oxygen atoms in total. The van der Waals surface area contributed by atoms with E-state index in [2.05, 4.69) is 13.8 Å². The molecule has 22 heavy (non-hydrogen) atoms. The lowest BCUT2D eigenvalue weighted by molar-refractivity contribution is -0.143. The molecule has 4 fully saturated rings. The van der Waals surface area contributed by atoms with E-state index >= 15 is 0 Å². The third-order valence-electron chi connectivity index (χ3n) is 9.10. The molecule has 0 saturated heterocycles. The number of rotatable bonds is 2. The molecule has 4 aliphatic carbocycles. The van der Waals surface area contributed by atoms with Crippen molar-refractivity contribution < 1.29 is 4.74 Å². The van der Waals surface area contributed by atoms with Crippen LogP contribution in [0.15, 0.2) is 0 Å². The molecular formula is C21H36O. The number of ether oxygens (including phenoxy) is 1. The van der Waals surface area contributed by atoms with Crippen LogP contribution in [0.4, 0.5) is 0 Å². The third-order valence-corrected chi connectivity index (χ3v) is 9.10. The first kappa shape index (κ1) is 15.5. The second-order valence-electron chi connectivity index (χ2n) is 9.69. The van der Waals surface area contributed by atoms with Crippen LogP contribution in [0, 0.1) is 40.4 Å². The van der Waals surface area contributed by atoms with Crippen LogP contribution in [-0.4, -0.2) is 13.7 Å². The first-order valence-corrected chi connectivity index (χ1v) is 10.1. The minimum atomic E-state index is 0.584. The van der Waals surface area contributed by atoms with E-state index in [-0.39, 0.29) is 0 Å². The summed E-state index contributed by atoms with van der Waals surface area (Å²) in [6.45, 7) is 6.33. The Balaban J connectivity index is 1.65. The highest BCUT2D eigenvalue weighted by molar-refractivity contribution is 5.08. The molecule has 4 rings (SSSR count). The molecule has 7 atom stereocenters. The van der Waals surface area contributed by atoms with Crippen molar-refractivity contribution in [2.75, 3.05) is 13.7 Å². The van der Waals surface area contributed by atoms with Gasteiger partial charge in [-0.2, -0.15) is 0 Å². The van der Waals surface area contributed by atoms with Gasteiger partial charge in [0.15, 0.2) is 0 Å². The fourth-order valence-corrected chi connectivity index (χ4v) is 7.94. The summed E-state index contributed by atoms with van der Waals surface area (Å²) in [6.07, 6.45) is 15.0. The lowest BCUT2D eigenvalue weighted by atomic mass is 9.43. The Morgan fingerprint density at radius 1 is 0.864 bits per heavy atom. The van der Waals surface area contributed by atoms with Crippen LogP contribution >= 0.6 is 0 Å². The van der Waals surface area contributed by atoms with Crippen molar-refractivity contribution in [3.8, 4) is 0 Å². The number of hydrogen-bond acceptors (Lipinski definition) is 1. The van der Waals surface area contributed by atoms with Gasteiger partial charge in [-0.1, -0.05) is 26.7 Å². The zero-order valence-electron chi connectivity index (χ0n) is 15.1. The van der Waals surface area contributed by atoms with Gasteiger partial charge in [0.25, 0.3) is 0 Å². The van der Waals surface area contributed by atoms with Gasteiger partial charge in [-0.05, 0) is 91.8 Å². The van der Waals surface area contributed by atoms with Gasteiger partial charge in [0.1, 0.15) is 0 Å². The highest BCUT2D eigenvalue weighted by Gasteiger charge is 2.59. The molecule has 0 aliphatic heterocycles. The van der Waals surface area contributed by atoms with Crippen LogP contribution in [0.5, 0.6) is 0 Å². The van der Waals surface area contributed by atoms with E-state index in [0.717, 1.165) is 36.2 Å². The lowest BCUT2D eigenvalue weighted by Gasteiger charge is -2.62. The van der Waals surface area contributed by atoms with Gasteiger partial charge in [-0.25, -0.2) is 0 Å². The molecule has 0 N–H and O–H groups in total. The Bertz CT molecular complexity index is 416. The van der Waals surface area contributed by atoms with Crippen molar-refractivity contribution in [1.82, 2.24) is 0 Å². The Hall–Kier alpha value is -0.0400. The van der Waals surface area contributed by atoms with Crippen molar-refractivity contribution in [2.45, 2.75) is 78.1 Å². The second kappa shape index (κ2) is 5.50. The van der Waals surface area contributed by atoms with Crippen molar-refractivity contribution in [2.24, 2.45) is 40.4 Å². The molecule has 0 amide bonds. The number of methoxy groups -OCH3 is 1. The van der Waals surface area contributed by atoms with Crippen LogP contribution in [0.25, 0.3) is 0 Å². The second-order valence-corrected chi connectivity index (χ2v) is 9.69. The molecule has 4 saturated carbocycles. The monoisotopic (exact) mass is 304 g/mol. The average Bonchev–Trinajstić information content (AvgIpc) is 2.90. The smallest absolute Gasteiger partial charge is 0.0495 e. The Morgan fingerprint density at radius 3 is 2.55 bits per heavy atom. The maximum Gasteiger partial charge on any atom is 0.0495 e. The summed E-state index contributed by atoms with van der Waals surface area (Å²) in [5.41, 5.74) is 1.29. The van der Waals surface area contributed by atoms with E-state index < -0.39 is 0 Å². The van der Waals surface area contributed by atoms with Crippen LogP contribution in [0.3, 0.4) is 0 Å². The molecule has 0 bridgehead atoms. The number of fused-ring (bicyclic) bond motifs is 5. The van der Waals surface area contributed by atoms with Gasteiger partial charge < -0.3 is 4.74 Å². The first-order valence-electron chi connectivity index (χ1n) is 10.1. The predicted octanol–water partition coefficient (Wildman–Crippen LogP) is 5.68. The van der Waals surface area contributed by atoms with E-state index in [1.807, 2.05) is 7.11 Å². The van der Waals surface area contributed by atoms with Gasteiger partial charge in [-0.15, -0.1) is 0 Å². The zero-order valence-corrected chi connectivity index (χ0v) is 15.1. The van der Waals surface area contributed by atoms with Crippen LogP contribution in [0.2, 0.25) is 0 Å². The summed E-state index contributed by atoms with van der Waals surface area (Å²) in [5.74, 6) is 4.92. The molecule has 0 spiro atoms. The molecular weight excluding hydrogens is 268 g/mol. The first-order chi connectivity index (χ1) is 10.6. The molecule has 0 aromatic heterocycles.